The number of nitrogens with zero attached hydrogens (tertiary/aromatic N) is 1. The number of halogens is 1. The number of nitrogens with two attached hydrogens (primary N) is 3. The third kappa shape index (κ3) is 9.34. The first-order valence-electron chi connectivity index (χ1n) is 11.8. The van der Waals surface area contributed by atoms with Crippen molar-refractivity contribution in [1.29, 1.82) is 0 Å². The van der Waals surface area contributed by atoms with Crippen LogP contribution in [0.15, 0.2) is 72.8 Å². The van der Waals surface area contributed by atoms with Crippen molar-refractivity contribution in [2.45, 2.75) is 39.5 Å². The summed E-state index contributed by atoms with van der Waals surface area (Å²) in [5, 5.41) is 0. The van der Waals surface area contributed by atoms with Crippen molar-refractivity contribution in [2.24, 2.45) is 17.2 Å². The van der Waals surface area contributed by atoms with Crippen molar-refractivity contribution in [1.82, 2.24) is 0 Å². The molecule has 0 saturated carbocycles. The Hall–Kier alpha value is -4.21. The molecule has 200 valence electrons. The largest absolute Gasteiger partial charge is 0.449 e. The highest BCUT2D eigenvalue weighted by molar-refractivity contribution is 6.61. The second-order valence-corrected chi connectivity index (χ2v) is 8.53. The molecule has 0 spiro atoms. The average molecular weight is 539 g/mol. The molecule has 10 heteroatoms. The molecule has 3 rings (SSSR count). The Bertz CT molecular complexity index is 1250. The average Bonchev–Trinajstić information content (AvgIpc) is 2.91. The molecule has 0 radical (unpaired) electrons. The summed E-state index contributed by atoms with van der Waals surface area (Å²) >= 11 is 4.97. The lowest BCUT2D eigenvalue weighted by Gasteiger charge is -2.25. The summed E-state index contributed by atoms with van der Waals surface area (Å²) in [5.74, 6) is -1.51. The number of carbonyl (C=O) groups is 4. The van der Waals surface area contributed by atoms with E-state index in [2.05, 4.69) is 4.74 Å². The lowest BCUT2D eigenvalue weighted by molar-refractivity contribution is -0.118. The third-order valence-corrected chi connectivity index (χ3v) is 5.51. The van der Waals surface area contributed by atoms with E-state index >= 15 is 0 Å². The van der Waals surface area contributed by atoms with Crippen LogP contribution in [-0.4, -0.2) is 23.2 Å². The van der Waals surface area contributed by atoms with Gasteiger partial charge in [0, 0.05) is 30.1 Å². The van der Waals surface area contributed by atoms with Crippen molar-refractivity contribution in [2.75, 3.05) is 4.90 Å². The van der Waals surface area contributed by atoms with E-state index in [0.717, 1.165) is 16.7 Å². The number of hydrogen-bond donors (Lipinski definition) is 3. The number of hydrogen-bond acceptors (Lipinski definition) is 6. The first-order chi connectivity index (χ1) is 18.2. The Morgan fingerprint density at radius 1 is 0.842 bits per heavy atom. The molecule has 0 aliphatic heterocycles. The van der Waals surface area contributed by atoms with Crippen LogP contribution in [-0.2, 0) is 29.2 Å². The summed E-state index contributed by atoms with van der Waals surface area (Å²) < 4.78 is 4.55. The molecule has 3 amide bonds. The van der Waals surface area contributed by atoms with Gasteiger partial charge in [-0.15, -0.1) is 0 Å². The molecule has 0 unspecified atom stereocenters. The van der Waals surface area contributed by atoms with Crippen molar-refractivity contribution < 1.29 is 23.9 Å². The van der Waals surface area contributed by atoms with E-state index in [4.69, 9.17) is 28.8 Å². The molecule has 0 bridgehead atoms. The first kappa shape index (κ1) is 30.0. The standard InChI is InChI=1S/C20H24N4O3.C8H7ClO2/c1-2-3-18(25)24(12-14-6-4-13(11-21)5-7-14)17-10-15(19(22)26)8-9-16(17)20(23)27;9-8(10)11-6-7-4-2-1-3-5-7/h4-10H,2-3,11-12,21H2,1H3,(H2,22,26)(H2,23,27);1-5H,6H2. The lowest BCUT2D eigenvalue weighted by Crippen LogP contribution is -2.32. The molecule has 3 aromatic carbocycles. The molecule has 3 aromatic rings. The zero-order chi connectivity index (χ0) is 28.1. The fourth-order valence-electron chi connectivity index (χ4n) is 3.45. The molecule has 0 saturated heterocycles. The Kier molecular flexibility index (Phi) is 12.0. The van der Waals surface area contributed by atoms with Gasteiger partial charge in [-0.1, -0.05) is 61.5 Å². The van der Waals surface area contributed by atoms with Gasteiger partial charge in [0.15, 0.2) is 0 Å². The molecule has 0 fully saturated rings. The summed E-state index contributed by atoms with van der Waals surface area (Å²) in [6.07, 6.45) is 0.933. The minimum absolute atomic E-state index is 0.156. The summed E-state index contributed by atoms with van der Waals surface area (Å²) in [6.45, 7) is 2.78. The van der Waals surface area contributed by atoms with Gasteiger partial charge < -0.3 is 26.8 Å². The van der Waals surface area contributed by atoms with Gasteiger partial charge in [0.05, 0.1) is 17.8 Å². The number of benzene rings is 3. The van der Waals surface area contributed by atoms with Gasteiger partial charge in [0.25, 0.3) is 5.91 Å². The number of anilines is 1. The van der Waals surface area contributed by atoms with Crippen LogP contribution < -0.4 is 22.1 Å². The number of ether oxygens (including phenoxy) is 1. The van der Waals surface area contributed by atoms with E-state index < -0.39 is 17.2 Å². The van der Waals surface area contributed by atoms with Gasteiger partial charge in [0.2, 0.25) is 11.8 Å². The van der Waals surface area contributed by atoms with E-state index in [0.29, 0.717) is 19.4 Å². The Balaban J connectivity index is 0.000000384. The quantitative estimate of drug-likeness (QED) is 0.327. The smallest absolute Gasteiger partial charge is 0.404 e. The van der Waals surface area contributed by atoms with Crippen LogP contribution in [0.25, 0.3) is 0 Å². The summed E-state index contributed by atoms with van der Waals surface area (Å²) in [5.41, 5.74) is 19.1. The molecule has 0 aliphatic rings. The van der Waals surface area contributed by atoms with E-state index in [-0.39, 0.29) is 35.9 Å². The molecule has 0 heterocycles. The maximum atomic E-state index is 12.8. The molecular weight excluding hydrogens is 508 g/mol. The van der Waals surface area contributed by atoms with Crippen LogP contribution in [0.3, 0.4) is 0 Å². The fourth-order valence-corrected chi connectivity index (χ4v) is 3.51. The van der Waals surface area contributed by atoms with Crippen LogP contribution in [0.2, 0.25) is 0 Å². The first-order valence-corrected chi connectivity index (χ1v) is 12.2. The van der Waals surface area contributed by atoms with Crippen LogP contribution in [0.5, 0.6) is 0 Å². The monoisotopic (exact) mass is 538 g/mol. The van der Waals surface area contributed by atoms with Gasteiger partial charge in [-0.2, -0.15) is 0 Å². The minimum Gasteiger partial charge on any atom is -0.449 e. The topological polar surface area (TPSA) is 159 Å². The maximum Gasteiger partial charge on any atom is 0.404 e. The summed E-state index contributed by atoms with van der Waals surface area (Å²) in [7, 11) is 0. The maximum absolute atomic E-state index is 12.8. The second-order valence-electron chi connectivity index (χ2n) is 8.22. The van der Waals surface area contributed by atoms with E-state index in [9.17, 15) is 19.2 Å². The predicted molar refractivity (Wildman–Crippen MR) is 146 cm³/mol. The highest BCUT2D eigenvalue weighted by atomic mass is 35.5. The Morgan fingerprint density at radius 3 is 2.00 bits per heavy atom. The normalized spacial score (nSPS) is 10.1. The minimum atomic E-state index is -0.770. The predicted octanol–water partition coefficient (Wildman–Crippen LogP) is 4.24. The number of primary amides is 2. The zero-order valence-electron chi connectivity index (χ0n) is 21.1. The van der Waals surface area contributed by atoms with E-state index in [1.807, 2.05) is 61.5 Å². The van der Waals surface area contributed by atoms with Crippen molar-refractivity contribution in [3.63, 3.8) is 0 Å². The molecule has 6 N–H and O–H groups in total. The number of rotatable bonds is 10. The zero-order valence-corrected chi connectivity index (χ0v) is 21.8. The molecule has 0 atom stereocenters. The highest BCUT2D eigenvalue weighted by Gasteiger charge is 2.22. The van der Waals surface area contributed by atoms with Gasteiger partial charge in [-0.05, 0) is 41.3 Å². The van der Waals surface area contributed by atoms with E-state index in [1.165, 1.54) is 23.1 Å². The van der Waals surface area contributed by atoms with Gasteiger partial charge in [0.1, 0.15) is 6.61 Å². The molecule has 0 aromatic heterocycles. The summed E-state index contributed by atoms with van der Waals surface area (Å²) in [6, 6.07) is 21.1. The lowest BCUT2D eigenvalue weighted by atomic mass is 10.0. The number of amides is 3. The molecule has 38 heavy (non-hydrogen) atoms. The van der Waals surface area contributed by atoms with Gasteiger partial charge in [-0.25, -0.2) is 4.79 Å². The van der Waals surface area contributed by atoms with Crippen molar-refractivity contribution in [3.8, 4) is 0 Å². The molecule has 9 nitrogen and oxygen atoms in total. The molecule has 0 aliphatic carbocycles. The van der Waals surface area contributed by atoms with Gasteiger partial charge in [-0.3, -0.25) is 14.4 Å². The second kappa shape index (κ2) is 15.1. The third-order valence-electron chi connectivity index (χ3n) is 5.40. The Morgan fingerprint density at radius 2 is 1.47 bits per heavy atom. The van der Waals surface area contributed by atoms with Crippen LogP contribution in [0.1, 0.15) is 57.2 Å². The molecular formula is C28H31ClN4O5. The van der Waals surface area contributed by atoms with Crippen molar-refractivity contribution >= 4 is 40.4 Å². The van der Waals surface area contributed by atoms with Gasteiger partial charge >= 0.3 is 5.43 Å². The Labute approximate surface area is 226 Å². The summed E-state index contributed by atoms with van der Waals surface area (Å²) in [4.78, 5) is 47.8. The number of carbonyl (C=O) groups excluding carboxylic acids is 4. The van der Waals surface area contributed by atoms with Crippen LogP contribution >= 0.6 is 11.6 Å². The fraction of sp³-hybridized carbons (Fsp3) is 0.214. The highest BCUT2D eigenvalue weighted by Crippen LogP contribution is 2.25. The van der Waals surface area contributed by atoms with Crippen LogP contribution in [0.4, 0.5) is 10.5 Å². The van der Waals surface area contributed by atoms with Crippen molar-refractivity contribution in [3.05, 3.63) is 101 Å². The SMILES string of the molecule is CCCC(=O)N(Cc1ccc(CN)cc1)c1cc(C(N)=O)ccc1C(N)=O.O=C(Cl)OCc1ccccc1. The van der Waals surface area contributed by atoms with Crippen LogP contribution in [0, 0.1) is 0 Å². The van der Waals surface area contributed by atoms with E-state index in [1.54, 1.807) is 0 Å².